The molecule has 26 heavy (non-hydrogen) atoms. The van der Waals surface area contributed by atoms with Crippen molar-refractivity contribution in [2.24, 2.45) is 5.41 Å². The minimum absolute atomic E-state index is 0.0472. The molecule has 0 unspecified atom stereocenters. The highest BCUT2D eigenvalue weighted by molar-refractivity contribution is 5.95. The highest BCUT2D eigenvalue weighted by Gasteiger charge is 2.21. The normalized spacial score (nSPS) is 11.6. The molecule has 3 rings (SSSR count). The van der Waals surface area contributed by atoms with Crippen LogP contribution in [-0.4, -0.2) is 15.5 Å². The van der Waals surface area contributed by atoms with Crippen molar-refractivity contribution in [3.63, 3.8) is 0 Å². The molecule has 1 aromatic heterocycles. The van der Waals surface area contributed by atoms with Crippen molar-refractivity contribution >= 4 is 22.5 Å². The molecule has 0 aliphatic carbocycles. The first-order valence-corrected chi connectivity index (χ1v) is 8.59. The van der Waals surface area contributed by atoms with Gasteiger partial charge >= 0.3 is 0 Å². The maximum atomic E-state index is 12.9. The number of rotatable bonds is 2. The predicted molar refractivity (Wildman–Crippen MR) is 105 cm³/mol. The number of para-hydroxylation sites is 1. The fraction of sp³-hybridized carbons (Fsp3) is 0.286. The zero-order valence-electron chi connectivity index (χ0n) is 15.8. The largest absolute Gasteiger partial charge is 0.325 e. The van der Waals surface area contributed by atoms with Gasteiger partial charge in [-0.15, -0.1) is 0 Å². The van der Waals surface area contributed by atoms with Gasteiger partial charge < -0.3 is 5.32 Å². The number of fused-ring (bicyclic) bond motifs is 1. The molecule has 1 heterocycles. The molecule has 0 spiro atoms. The number of anilines is 1. The van der Waals surface area contributed by atoms with Crippen molar-refractivity contribution in [2.45, 2.75) is 34.6 Å². The third-order valence-corrected chi connectivity index (χ3v) is 4.34. The molecule has 0 saturated heterocycles. The first-order chi connectivity index (χ1) is 12.2. The van der Waals surface area contributed by atoms with Gasteiger partial charge in [-0.2, -0.15) is 0 Å². The third-order valence-electron chi connectivity index (χ3n) is 4.34. The Labute approximate surface area is 152 Å². The van der Waals surface area contributed by atoms with Crippen LogP contribution >= 0.6 is 0 Å². The van der Waals surface area contributed by atoms with Crippen LogP contribution in [-0.2, 0) is 4.79 Å². The summed E-state index contributed by atoms with van der Waals surface area (Å²) in [6, 6.07) is 12.9. The number of hydrogen-bond donors (Lipinski definition) is 1. The third kappa shape index (κ3) is 3.25. The fourth-order valence-corrected chi connectivity index (χ4v) is 2.78. The fourth-order valence-electron chi connectivity index (χ4n) is 2.78. The van der Waals surface area contributed by atoms with Crippen LogP contribution in [0.15, 0.2) is 47.3 Å². The van der Waals surface area contributed by atoms with E-state index in [1.54, 1.807) is 10.6 Å². The van der Waals surface area contributed by atoms with Crippen LogP contribution in [0, 0.1) is 19.3 Å². The summed E-state index contributed by atoms with van der Waals surface area (Å²) in [5.41, 5.74) is 2.49. The zero-order valence-corrected chi connectivity index (χ0v) is 15.8. The van der Waals surface area contributed by atoms with Crippen LogP contribution in [0.5, 0.6) is 0 Å². The molecule has 0 aliphatic heterocycles. The summed E-state index contributed by atoms with van der Waals surface area (Å²) >= 11 is 0. The van der Waals surface area contributed by atoms with E-state index in [0.717, 1.165) is 16.9 Å². The molecule has 0 bridgehead atoms. The Balaban J connectivity index is 2.07. The highest BCUT2D eigenvalue weighted by atomic mass is 16.2. The van der Waals surface area contributed by atoms with Gasteiger partial charge in [-0.1, -0.05) is 32.9 Å². The van der Waals surface area contributed by atoms with Gasteiger partial charge in [-0.25, -0.2) is 4.98 Å². The summed E-state index contributed by atoms with van der Waals surface area (Å²) in [4.78, 5) is 29.7. The molecule has 1 amide bonds. The highest BCUT2D eigenvalue weighted by Crippen LogP contribution is 2.23. The SMILES string of the molecule is Cc1cc(-n2c(C)nc3ccccc3c2=O)ccc1NC(=O)C(C)(C)C. The zero-order chi connectivity index (χ0) is 19.1. The van der Waals surface area contributed by atoms with Gasteiger partial charge in [0.25, 0.3) is 5.56 Å². The molecule has 134 valence electrons. The van der Waals surface area contributed by atoms with Crippen molar-refractivity contribution < 1.29 is 4.79 Å². The number of carbonyl (C=O) groups is 1. The molecular formula is C21H23N3O2. The average Bonchev–Trinajstić information content (AvgIpc) is 2.56. The van der Waals surface area contributed by atoms with Crippen molar-refractivity contribution in [2.75, 3.05) is 5.32 Å². The molecule has 0 aliphatic rings. The Morgan fingerprint density at radius 2 is 1.77 bits per heavy atom. The number of aromatic nitrogens is 2. The minimum Gasteiger partial charge on any atom is -0.325 e. The van der Waals surface area contributed by atoms with E-state index in [-0.39, 0.29) is 11.5 Å². The van der Waals surface area contributed by atoms with Gasteiger partial charge in [-0.05, 0) is 49.7 Å². The predicted octanol–water partition coefficient (Wildman–Crippen LogP) is 3.99. The standard InChI is InChI=1S/C21H23N3O2/c1-13-12-15(10-11-17(13)23-20(26)21(3,4)5)24-14(2)22-18-9-7-6-8-16(18)19(24)25/h6-12H,1-5H3,(H,23,26). The Morgan fingerprint density at radius 3 is 2.42 bits per heavy atom. The van der Waals surface area contributed by atoms with E-state index in [9.17, 15) is 9.59 Å². The van der Waals surface area contributed by atoms with Gasteiger partial charge in [0.15, 0.2) is 0 Å². The summed E-state index contributed by atoms with van der Waals surface area (Å²) in [6.07, 6.45) is 0. The van der Waals surface area contributed by atoms with Crippen LogP contribution in [0.1, 0.15) is 32.2 Å². The summed E-state index contributed by atoms with van der Waals surface area (Å²) in [6.45, 7) is 9.34. The molecular weight excluding hydrogens is 326 g/mol. The van der Waals surface area contributed by atoms with E-state index in [0.29, 0.717) is 16.7 Å². The Morgan fingerprint density at radius 1 is 1.08 bits per heavy atom. The quantitative estimate of drug-likeness (QED) is 0.761. The first-order valence-electron chi connectivity index (χ1n) is 8.59. The van der Waals surface area contributed by atoms with Gasteiger partial charge in [0.1, 0.15) is 5.82 Å². The number of amides is 1. The summed E-state index contributed by atoms with van der Waals surface area (Å²) in [5.74, 6) is 0.577. The average molecular weight is 349 g/mol. The molecule has 5 heteroatoms. The van der Waals surface area contributed by atoms with Crippen molar-refractivity contribution in [1.82, 2.24) is 9.55 Å². The van der Waals surface area contributed by atoms with E-state index in [4.69, 9.17) is 0 Å². The molecule has 5 nitrogen and oxygen atoms in total. The molecule has 0 radical (unpaired) electrons. The van der Waals surface area contributed by atoms with Gasteiger partial charge in [0, 0.05) is 11.1 Å². The monoisotopic (exact) mass is 349 g/mol. The second-order valence-electron chi connectivity index (χ2n) is 7.52. The lowest BCUT2D eigenvalue weighted by molar-refractivity contribution is -0.123. The number of benzene rings is 2. The van der Waals surface area contributed by atoms with Gasteiger partial charge in [-0.3, -0.25) is 14.2 Å². The van der Waals surface area contributed by atoms with Crippen LogP contribution in [0.2, 0.25) is 0 Å². The van der Waals surface area contributed by atoms with Gasteiger partial charge in [0.05, 0.1) is 16.6 Å². The topological polar surface area (TPSA) is 64.0 Å². The van der Waals surface area contributed by atoms with Crippen LogP contribution < -0.4 is 10.9 Å². The molecule has 1 N–H and O–H groups in total. The van der Waals surface area contributed by atoms with Crippen molar-refractivity contribution in [3.8, 4) is 5.69 Å². The van der Waals surface area contributed by atoms with E-state index < -0.39 is 5.41 Å². The maximum Gasteiger partial charge on any atom is 0.265 e. The Kier molecular flexibility index (Phi) is 4.40. The minimum atomic E-state index is -0.471. The number of nitrogens with zero attached hydrogens (tertiary/aromatic N) is 2. The maximum absolute atomic E-state index is 12.9. The number of hydrogen-bond acceptors (Lipinski definition) is 3. The number of aryl methyl sites for hydroxylation is 2. The Bertz CT molecular complexity index is 1060. The van der Waals surface area contributed by atoms with Gasteiger partial charge in [0.2, 0.25) is 5.91 Å². The number of nitrogens with one attached hydrogen (secondary N) is 1. The van der Waals surface area contributed by atoms with E-state index >= 15 is 0 Å². The van der Waals surface area contributed by atoms with Crippen molar-refractivity contribution in [3.05, 3.63) is 64.2 Å². The molecule has 3 aromatic rings. The lowest BCUT2D eigenvalue weighted by Crippen LogP contribution is -2.28. The Hall–Kier alpha value is -2.95. The smallest absolute Gasteiger partial charge is 0.265 e. The summed E-state index contributed by atoms with van der Waals surface area (Å²) in [5, 5.41) is 3.53. The van der Waals surface area contributed by atoms with E-state index in [1.165, 1.54) is 0 Å². The van der Waals surface area contributed by atoms with E-state index in [2.05, 4.69) is 10.3 Å². The second-order valence-corrected chi connectivity index (χ2v) is 7.52. The van der Waals surface area contributed by atoms with Crippen molar-refractivity contribution in [1.29, 1.82) is 0 Å². The van der Waals surface area contributed by atoms with Crippen LogP contribution in [0.4, 0.5) is 5.69 Å². The van der Waals surface area contributed by atoms with Crippen LogP contribution in [0.3, 0.4) is 0 Å². The molecule has 2 aromatic carbocycles. The number of carbonyl (C=O) groups excluding carboxylic acids is 1. The lowest BCUT2D eigenvalue weighted by Gasteiger charge is -2.19. The molecule has 0 atom stereocenters. The molecule has 0 saturated carbocycles. The van der Waals surface area contributed by atoms with Crippen LogP contribution in [0.25, 0.3) is 16.6 Å². The summed E-state index contributed by atoms with van der Waals surface area (Å²) in [7, 11) is 0. The first kappa shape index (κ1) is 17.9. The lowest BCUT2D eigenvalue weighted by atomic mass is 9.95. The second kappa shape index (κ2) is 6.41. The molecule has 0 fully saturated rings. The van der Waals surface area contributed by atoms with E-state index in [1.807, 2.05) is 71.0 Å². The summed E-state index contributed by atoms with van der Waals surface area (Å²) < 4.78 is 1.60.